The Bertz CT molecular complexity index is 515. The average Bonchev–Trinajstić information content (AvgIpc) is 2.63. The first kappa shape index (κ1) is 19.5. The number of benzene rings is 1. The number of hydrogen-bond donors (Lipinski definition) is 2. The second-order valence-corrected chi connectivity index (χ2v) is 5.99. The number of rotatable bonds is 8. The molecule has 1 aromatic carbocycles. The summed E-state index contributed by atoms with van der Waals surface area (Å²) in [4.78, 5) is 9.33. The summed E-state index contributed by atoms with van der Waals surface area (Å²) in [6.45, 7) is 9.94. The lowest BCUT2D eigenvalue weighted by Gasteiger charge is -2.35. The maximum Gasteiger partial charge on any atom is 0.191 e. The minimum Gasteiger partial charge on any atom is -0.383 e. The van der Waals surface area contributed by atoms with Gasteiger partial charge in [0.05, 0.1) is 13.2 Å². The molecule has 0 aromatic heterocycles. The molecule has 1 fully saturated rings. The van der Waals surface area contributed by atoms with Crippen LogP contribution in [0.3, 0.4) is 0 Å². The van der Waals surface area contributed by atoms with E-state index in [0.717, 1.165) is 64.0 Å². The van der Waals surface area contributed by atoms with E-state index in [-0.39, 0.29) is 5.82 Å². The van der Waals surface area contributed by atoms with Gasteiger partial charge in [0, 0.05) is 58.6 Å². The van der Waals surface area contributed by atoms with Gasteiger partial charge in [0.25, 0.3) is 0 Å². The van der Waals surface area contributed by atoms with E-state index >= 15 is 0 Å². The Morgan fingerprint density at radius 2 is 1.88 bits per heavy atom. The Morgan fingerprint density at radius 1 is 1.16 bits per heavy atom. The van der Waals surface area contributed by atoms with Gasteiger partial charge in [-0.15, -0.1) is 0 Å². The van der Waals surface area contributed by atoms with Crippen molar-refractivity contribution in [3.63, 3.8) is 0 Å². The molecule has 7 heteroatoms. The van der Waals surface area contributed by atoms with E-state index < -0.39 is 0 Å². The van der Waals surface area contributed by atoms with Crippen molar-refractivity contribution in [2.75, 3.05) is 71.0 Å². The predicted molar refractivity (Wildman–Crippen MR) is 101 cm³/mol. The number of aliphatic imine (C=N–C) groups is 1. The lowest BCUT2D eigenvalue weighted by Crippen LogP contribution is -2.47. The first-order valence-corrected chi connectivity index (χ1v) is 8.97. The standard InChI is InChI=1S/C18H30FN5O/c1-3-20-18(22-9-15-25-2)21-8-10-23-11-13-24(14-12-23)17-6-4-16(19)5-7-17/h4-7H,3,8-15H2,1-2H3,(H2,20,21,22). The molecule has 0 amide bonds. The molecule has 0 aliphatic carbocycles. The maximum absolute atomic E-state index is 13.0. The number of nitrogens with one attached hydrogen (secondary N) is 2. The van der Waals surface area contributed by atoms with Crippen LogP contribution in [0, 0.1) is 5.82 Å². The van der Waals surface area contributed by atoms with Gasteiger partial charge < -0.3 is 20.3 Å². The fraction of sp³-hybridized carbons (Fsp3) is 0.611. The molecule has 0 bridgehead atoms. The third kappa shape index (κ3) is 6.88. The van der Waals surface area contributed by atoms with Gasteiger partial charge in [0.1, 0.15) is 5.82 Å². The van der Waals surface area contributed by atoms with E-state index in [0.29, 0.717) is 6.61 Å². The van der Waals surface area contributed by atoms with E-state index in [9.17, 15) is 4.39 Å². The Hall–Kier alpha value is -1.86. The zero-order valence-electron chi connectivity index (χ0n) is 15.3. The third-order valence-corrected chi connectivity index (χ3v) is 4.19. The van der Waals surface area contributed by atoms with Crippen molar-refractivity contribution in [3.8, 4) is 0 Å². The predicted octanol–water partition coefficient (Wildman–Crippen LogP) is 1.15. The molecule has 1 saturated heterocycles. The van der Waals surface area contributed by atoms with Crippen LogP contribution in [0.25, 0.3) is 0 Å². The zero-order valence-corrected chi connectivity index (χ0v) is 15.3. The van der Waals surface area contributed by atoms with Crippen molar-refractivity contribution in [1.82, 2.24) is 15.5 Å². The number of hydrogen-bond acceptors (Lipinski definition) is 4. The topological polar surface area (TPSA) is 52.1 Å². The van der Waals surface area contributed by atoms with Crippen molar-refractivity contribution in [2.24, 2.45) is 4.99 Å². The highest BCUT2D eigenvalue weighted by Crippen LogP contribution is 2.16. The van der Waals surface area contributed by atoms with Crippen molar-refractivity contribution in [3.05, 3.63) is 30.1 Å². The van der Waals surface area contributed by atoms with Crippen molar-refractivity contribution in [1.29, 1.82) is 0 Å². The molecule has 0 radical (unpaired) electrons. The zero-order chi connectivity index (χ0) is 17.9. The summed E-state index contributed by atoms with van der Waals surface area (Å²) in [7, 11) is 1.69. The van der Waals surface area contributed by atoms with Crippen molar-refractivity contribution >= 4 is 11.6 Å². The summed E-state index contributed by atoms with van der Waals surface area (Å²) in [5.41, 5.74) is 1.09. The van der Waals surface area contributed by atoms with E-state index in [1.807, 2.05) is 12.1 Å². The molecule has 1 aromatic rings. The molecule has 0 unspecified atom stereocenters. The number of anilines is 1. The first-order valence-electron chi connectivity index (χ1n) is 8.97. The first-order chi connectivity index (χ1) is 12.2. The number of methoxy groups -OCH3 is 1. The summed E-state index contributed by atoms with van der Waals surface area (Å²) in [5, 5.41) is 6.49. The van der Waals surface area contributed by atoms with Crippen LogP contribution < -0.4 is 15.5 Å². The van der Waals surface area contributed by atoms with Gasteiger partial charge in [-0.05, 0) is 31.2 Å². The lowest BCUT2D eigenvalue weighted by molar-refractivity contribution is 0.203. The van der Waals surface area contributed by atoms with Crippen LogP contribution in [-0.2, 0) is 4.74 Å². The third-order valence-electron chi connectivity index (χ3n) is 4.19. The van der Waals surface area contributed by atoms with Crippen LogP contribution in [0.5, 0.6) is 0 Å². The van der Waals surface area contributed by atoms with Crippen LogP contribution in [-0.4, -0.2) is 76.9 Å². The Balaban J connectivity index is 1.71. The summed E-state index contributed by atoms with van der Waals surface area (Å²) in [6, 6.07) is 6.75. The number of guanidine groups is 1. The molecule has 0 atom stereocenters. The van der Waals surface area contributed by atoms with Crippen LogP contribution in [0.2, 0.25) is 0 Å². The average molecular weight is 351 g/mol. The molecule has 0 saturated carbocycles. The number of halogens is 1. The normalized spacial score (nSPS) is 16.1. The second-order valence-electron chi connectivity index (χ2n) is 5.99. The highest BCUT2D eigenvalue weighted by Gasteiger charge is 2.16. The van der Waals surface area contributed by atoms with Crippen molar-refractivity contribution < 1.29 is 9.13 Å². The van der Waals surface area contributed by atoms with Gasteiger partial charge >= 0.3 is 0 Å². The summed E-state index contributed by atoms with van der Waals surface area (Å²) in [5.74, 6) is 0.653. The molecule has 1 aliphatic heterocycles. The molecule has 6 nitrogen and oxygen atoms in total. The minimum absolute atomic E-state index is 0.184. The van der Waals surface area contributed by atoms with Gasteiger partial charge in [0.15, 0.2) is 5.96 Å². The maximum atomic E-state index is 13.0. The number of nitrogens with zero attached hydrogens (tertiary/aromatic N) is 3. The number of ether oxygens (including phenoxy) is 1. The van der Waals surface area contributed by atoms with Crippen LogP contribution in [0.1, 0.15) is 6.92 Å². The Morgan fingerprint density at radius 3 is 2.52 bits per heavy atom. The van der Waals surface area contributed by atoms with Crippen LogP contribution in [0.4, 0.5) is 10.1 Å². The summed E-state index contributed by atoms with van der Waals surface area (Å²) < 4.78 is 18.1. The summed E-state index contributed by atoms with van der Waals surface area (Å²) in [6.07, 6.45) is 0. The van der Waals surface area contributed by atoms with E-state index in [2.05, 4.69) is 32.3 Å². The number of piperazine rings is 1. The monoisotopic (exact) mass is 351 g/mol. The molecule has 1 heterocycles. The van der Waals surface area contributed by atoms with E-state index in [1.54, 1.807) is 7.11 Å². The van der Waals surface area contributed by atoms with Crippen molar-refractivity contribution in [2.45, 2.75) is 6.92 Å². The molecule has 1 aliphatic rings. The van der Waals surface area contributed by atoms with E-state index in [1.165, 1.54) is 12.1 Å². The molecular formula is C18H30FN5O. The Labute approximate surface area is 150 Å². The van der Waals surface area contributed by atoms with Gasteiger partial charge in [-0.25, -0.2) is 4.39 Å². The van der Waals surface area contributed by atoms with Gasteiger partial charge in [-0.2, -0.15) is 0 Å². The van der Waals surface area contributed by atoms with Crippen LogP contribution in [0.15, 0.2) is 29.3 Å². The second kappa shape index (κ2) is 10.9. The highest BCUT2D eigenvalue weighted by molar-refractivity contribution is 5.79. The smallest absolute Gasteiger partial charge is 0.191 e. The van der Waals surface area contributed by atoms with Crippen LogP contribution >= 0.6 is 0 Å². The molecule has 25 heavy (non-hydrogen) atoms. The molecule has 2 N–H and O–H groups in total. The largest absolute Gasteiger partial charge is 0.383 e. The molecule has 2 rings (SSSR count). The van der Waals surface area contributed by atoms with E-state index in [4.69, 9.17) is 4.74 Å². The van der Waals surface area contributed by atoms with Gasteiger partial charge in [-0.1, -0.05) is 0 Å². The quantitative estimate of drug-likeness (QED) is 0.418. The minimum atomic E-state index is -0.184. The SMILES string of the molecule is CCNC(=NCCN1CCN(c2ccc(F)cc2)CC1)NCCOC. The molecule has 140 valence electrons. The molecule has 0 spiro atoms. The summed E-state index contributed by atoms with van der Waals surface area (Å²) >= 11 is 0. The Kier molecular flexibility index (Phi) is 8.48. The highest BCUT2D eigenvalue weighted by atomic mass is 19.1. The lowest BCUT2D eigenvalue weighted by atomic mass is 10.2. The van der Waals surface area contributed by atoms with Gasteiger partial charge in [0.2, 0.25) is 0 Å². The van der Waals surface area contributed by atoms with Gasteiger partial charge in [-0.3, -0.25) is 9.89 Å². The molecular weight excluding hydrogens is 321 g/mol. The fourth-order valence-electron chi connectivity index (χ4n) is 2.80. The fourth-order valence-corrected chi connectivity index (χ4v) is 2.80.